The van der Waals surface area contributed by atoms with Crippen molar-refractivity contribution < 1.29 is 4.74 Å². The van der Waals surface area contributed by atoms with Gasteiger partial charge in [0, 0.05) is 29.8 Å². The molecule has 2 aliphatic rings. The molecule has 3 heteroatoms. The number of anilines is 1. The topological polar surface area (TPSA) is 24.5 Å². The highest BCUT2D eigenvalue weighted by Gasteiger charge is 2.34. The van der Waals surface area contributed by atoms with Crippen LogP contribution in [-0.4, -0.2) is 37.7 Å². The summed E-state index contributed by atoms with van der Waals surface area (Å²) >= 11 is 0. The Labute approximate surface area is 115 Å². The molecular formula is C16H24N2O. The van der Waals surface area contributed by atoms with Gasteiger partial charge in [0.15, 0.2) is 0 Å². The molecule has 0 amide bonds. The van der Waals surface area contributed by atoms with Crippen LogP contribution in [0.25, 0.3) is 0 Å². The zero-order valence-electron chi connectivity index (χ0n) is 12.0. The maximum atomic E-state index is 6.16. The molecule has 104 valence electrons. The maximum Gasteiger partial charge on any atom is 0.124 e. The highest BCUT2D eigenvalue weighted by molar-refractivity contribution is 5.61. The largest absolute Gasteiger partial charge is 0.493 e. The smallest absolute Gasteiger partial charge is 0.124 e. The van der Waals surface area contributed by atoms with Crippen molar-refractivity contribution in [2.24, 2.45) is 5.41 Å². The number of benzene rings is 1. The molecule has 0 aliphatic carbocycles. The van der Waals surface area contributed by atoms with Crippen LogP contribution >= 0.6 is 0 Å². The van der Waals surface area contributed by atoms with Crippen LogP contribution in [0.5, 0.6) is 5.75 Å². The third kappa shape index (κ3) is 2.57. The molecular weight excluding hydrogens is 236 g/mol. The van der Waals surface area contributed by atoms with Crippen LogP contribution in [0.2, 0.25) is 0 Å². The van der Waals surface area contributed by atoms with E-state index in [9.17, 15) is 0 Å². The Morgan fingerprint density at radius 2 is 2.32 bits per heavy atom. The van der Waals surface area contributed by atoms with Crippen molar-refractivity contribution in [2.45, 2.75) is 26.7 Å². The molecule has 1 aromatic carbocycles. The van der Waals surface area contributed by atoms with E-state index in [2.05, 4.69) is 42.3 Å². The van der Waals surface area contributed by atoms with Crippen molar-refractivity contribution in [1.29, 1.82) is 0 Å². The minimum Gasteiger partial charge on any atom is -0.493 e. The molecule has 0 spiro atoms. The Bertz CT molecular complexity index is 460. The van der Waals surface area contributed by atoms with E-state index in [0.717, 1.165) is 38.4 Å². The van der Waals surface area contributed by atoms with Gasteiger partial charge in [-0.25, -0.2) is 0 Å². The Balaban J connectivity index is 1.65. The average Bonchev–Trinajstić information content (AvgIpc) is 3.03. The number of rotatable bonds is 4. The number of likely N-dealkylation sites (tertiary alicyclic amines) is 1. The van der Waals surface area contributed by atoms with E-state index in [1.165, 1.54) is 24.2 Å². The second-order valence-electron chi connectivity index (χ2n) is 6.18. The molecule has 2 heterocycles. The number of nitrogens with zero attached hydrogens (tertiary/aromatic N) is 1. The van der Waals surface area contributed by atoms with Gasteiger partial charge in [-0.3, -0.25) is 0 Å². The van der Waals surface area contributed by atoms with Crippen molar-refractivity contribution in [3.05, 3.63) is 23.8 Å². The van der Waals surface area contributed by atoms with Gasteiger partial charge in [0.1, 0.15) is 5.75 Å². The second-order valence-corrected chi connectivity index (χ2v) is 6.18. The lowest BCUT2D eigenvalue weighted by atomic mass is 9.91. The fourth-order valence-electron chi connectivity index (χ4n) is 3.21. The van der Waals surface area contributed by atoms with E-state index in [0.29, 0.717) is 5.41 Å². The van der Waals surface area contributed by atoms with Crippen molar-refractivity contribution in [2.75, 3.05) is 38.1 Å². The van der Waals surface area contributed by atoms with Gasteiger partial charge in [-0.05, 0) is 38.1 Å². The van der Waals surface area contributed by atoms with E-state index in [4.69, 9.17) is 4.74 Å². The molecule has 0 radical (unpaired) electrons. The Hall–Kier alpha value is -1.22. The molecule has 1 aromatic rings. The molecule has 1 N–H and O–H groups in total. The van der Waals surface area contributed by atoms with Crippen LogP contribution in [0.4, 0.5) is 5.69 Å². The number of ether oxygens (including phenoxy) is 1. The Morgan fingerprint density at radius 1 is 1.42 bits per heavy atom. The monoisotopic (exact) mass is 260 g/mol. The second kappa shape index (κ2) is 5.04. The fraction of sp³-hybridized carbons (Fsp3) is 0.625. The van der Waals surface area contributed by atoms with E-state index in [1.807, 2.05) is 0 Å². The zero-order valence-corrected chi connectivity index (χ0v) is 12.0. The van der Waals surface area contributed by atoms with Crippen molar-refractivity contribution in [1.82, 2.24) is 4.90 Å². The normalized spacial score (nSPS) is 26.2. The molecule has 0 saturated carbocycles. The molecule has 1 atom stereocenters. The first-order valence-electron chi connectivity index (χ1n) is 7.41. The third-order valence-electron chi connectivity index (χ3n) is 4.48. The van der Waals surface area contributed by atoms with E-state index in [1.54, 1.807) is 0 Å². The van der Waals surface area contributed by atoms with Gasteiger partial charge in [-0.2, -0.15) is 0 Å². The summed E-state index contributed by atoms with van der Waals surface area (Å²) in [7, 11) is 0. The molecule has 3 nitrogen and oxygen atoms in total. The van der Waals surface area contributed by atoms with E-state index < -0.39 is 0 Å². The van der Waals surface area contributed by atoms with Crippen LogP contribution in [0, 0.1) is 5.41 Å². The van der Waals surface area contributed by atoms with Crippen molar-refractivity contribution >= 4 is 5.69 Å². The van der Waals surface area contributed by atoms with Gasteiger partial charge in [0.2, 0.25) is 0 Å². The quantitative estimate of drug-likeness (QED) is 0.901. The van der Waals surface area contributed by atoms with Gasteiger partial charge in [0.05, 0.1) is 6.61 Å². The summed E-state index contributed by atoms with van der Waals surface area (Å²) in [6, 6.07) is 6.34. The maximum absolute atomic E-state index is 6.16. The van der Waals surface area contributed by atoms with Gasteiger partial charge in [0.25, 0.3) is 0 Å². The summed E-state index contributed by atoms with van der Waals surface area (Å²) in [6.07, 6.45) is 2.33. The van der Waals surface area contributed by atoms with Crippen LogP contribution in [0.15, 0.2) is 18.2 Å². The third-order valence-corrected chi connectivity index (χ3v) is 4.48. The van der Waals surface area contributed by atoms with E-state index >= 15 is 0 Å². The molecule has 0 aromatic heterocycles. The highest BCUT2D eigenvalue weighted by atomic mass is 16.5. The minimum absolute atomic E-state index is 0.310. The van der Waals surface area contributed by atoms with Gasteiger partial charge >= 0.3 is 0 Å². The molecule has 2 aliphatic heterocycles. The predicted molar refractivity (Wildman–Crippen MR) is 79.0 cm³/mol. The summed E-state index contributed by atoms with van der Waals surface area (Å²) in [5.74, 6) is 1.08. The average molecular weight is 260 g/mol. The standard InChI is InChI=1S/C16H24N2O/c1-3-18-10-8-16(2,11-18)12-19-15-6-4-5-14-13(15)7-9-17-14/h4-6,17H,3,7-12H2,1-2H3. The Morgan fingerprint density at radius 3 is 3.11 bits per heavy atom. The molecule has 19 heavy (non-hydrogen) atoms. The molecule has 3 rings (SSSR count). The van der Waals surface area contributed by atoms with Crippen LogP contribution < -0.4 is 10.1 Å². The predicted octanol–water partition coefficient (Wildman–Crippen LogP) is 2.77. The molecule has 1 unspecified atom stereocenters. The summed E-state index contributed by atoms with van der Waals surface area (Å²) in [6.45, 7) is 9.99. The first kappa shape index (κ1) is 12.8. The molecule has 0 bridgehead atoms. The van der Waals surface area contributed by atoms with Gasteiger partial charge in [-0.1, -0.05) is 19.9 Å². The lowest BCUT2D eigenvalue weighted by Crippen LogP contribution is -2.30. The van der Waals surface area contributed by atoms with Crippen LogP contribution in [0.3, 0.4) is 0 Å². The van der Waals surface area contributed by atoms with Crippen molar-refractivity contribution in [3.63, 3.8) is 0 Å². The van der Waals surface area contributed by atoms with Gasteiger partial charge in [-0.15, -0.1) is 0 Å². The first-order valence-corrected chi connectivity index (χ1v) is 7.41. The number of hydrogen-bond donors (Lipinski definition) is 1. The van der Waals surface area contributed by atoms with E-state index in [-0.39, 0.29) is 0 Å². The number of hydrogen-bond acceptors (Lipinski definition) is 3. The first-order chi connectivity index (χ1) is 9.20. The summed E-state index contributed by atoms with van der Waals surface area (Å²) < 4.78 is 6.16. The summed E-state index contributed by atoms with van der Waals surface area (Å²) in [4.78, 5) is 2.51. The van der Waals surface area contributed by atoms with Crippen LogP contribution in [0.1, 0.15) is 25.8 Å². The lowest BCUT2D eigenvalue weighted by molar-refractivity contribution is 0.163. The summed E-state index contributed by atoms with van der Waals surface area (Å²) in [5.41, 5.74) is 2.92. The SMILES string of the molecule is CCN1CCC(C)(COc2cccc3c2CCN3)C1. The highest BCUT2D eigenvalue weighted by Crippen LogP contribution is 2.34. The van der Waals surface area contributed by atoms with Crippen LogP contribution in [-0.2, 0) is 6.42 Å². The summed E-state index contributed by atoms with van der Waals surface area (Å²) in [5, 5.41) is 3.41. The van der Waals surface area contributed by atoms with Gasteiger partial charge < -0.3 is 15.0 Å². The molecule has 1 saturated heterocycles. The van der Waals surface area contributed by atoms with Crippen molar-refractivity contribution in [3.8, 4) is 5.75 Å². The lowest BCUT2D eigenvalue weighted by Gasteiger charge is -2.25. The fourth-order valence-corrected chi connectivity index (χ4v) is 3.21. The zero-order chi connectivity index (χ0) is 13.3. The minimum atomic E-state index is 0.310. The number of nitrogens with one attached hydrogen (secondary N) is 1. The Kier molecular flexibility index (Phi) is 3.40. The number of fused-ring (bicyclic) bond motifs is 1. The molecule has 1 fully saturated rings.